The van der Waals surface area contributed by atoms with Crippen molar-refractivity contribution in [3.05, 3.63) is 35.9 Å². The van der Waals surface area contributed by atoms with Gasteiger partial charge in [-0.05, 0) is 55.6 Å². The number of benzene rings is 1. The highest BCUT2D eigenvalue weighted by Crippen LogP contribution is 2.63. The van der Waals surface area contributed by atoms with Crippen LogP contribution < -0.4 is 0 Å². The van der Waals surface area contributed by atoms with E-state index in [9.17, 15) is 4.79 Å². The maximum Gasteiger partial charge on any atom is 0.254 e. The van der Waals surface area contributed by atoms with E-state index in [0.29, 0.717) is 5.92 Å². The van der Waals surface area contributed by atoms with E-state index in [1.165, 1.54) is 19.3 Å². The SMILES string of the molecule is CN(C(=O)c1ccccc1)C1(C)C2CCC(C2)C1(C)C. The van der Waals surface area contributed by atoms with Crippen LogP contribution in [0.15, 0.2) is 30.3 Å². The van der Waals surface area contributed by atoms with Crippen LogP contribution in [-0.4, -0.2) is 23.4 Å². The maximum absolute atomic E-state index is 12.8. The van der Waals surface area contributed by atoms with Crippen molar-refractivity contribution in [3.8, 4) is 0 Å². The largest absolute Gasteiger partial charge is 0.335 e. The Balaban J connectivity index is 1.94. The van der Waals surface area contributed by atoms with Gasteiger partial charge in [-0.3, -0.25) is 4.79 Å². The molecule has 3 atom stereocenters. The van der Waals surface area contributed by atoms with Crippen LogP contribution in [-0.2, 0) is 0 Å². The van der Waals surface area contributed by atoms with E-state index in [4.69, 9.17) is 0 Å². The van der Waals surface area contributed by atoms with E-state index in [2.05, 4.69) is 20.8 Å². The van der Waals surface area contributed by atoms with Crippen LogP contribution in [0.2, 0.25) is 0 Å². The quantitative estimate of drug-likeness (QED) is 0.797. The molecule has 0 saturated heterocycles. The Hall–Kier alpha value is -1.31. The minimum atomic E-state index is -0.0250. The zero-order valence-electron chi connectivity index (χ0n) is 13.0. The van der Waals surface area contributed by atoms with Gasteiger partial charge in [0, 0.05) is 18.2 Å². The van der Waals surface area contributed by atoms with Crippen LogP contribution in [0.4, 0.5) is 0 Å². The molecule has 0 aromatic heterocycles. The first-order valence-corrected chi connectivity index (χ1v) is 7.72. The minimum Gasteiger partial charge on any atom is -0.335 e. The average Bonchev–Trinajstić information content (AvgIpc) is 3.01. The summed E-state index contributed by atoms with van der Waals surface area (Å²) in [6, 6.07) is 9.68. The molecule has 1 aromatic rings. The van der Waals surface area contributed by atoms with Crippen molar-refractivity contribution in [1.82, 2.24) is 4.90 Å². The monoisotopic (exact) mass is 271 g/mol. The summed E-state index contributed by atoms with van der Waals surface area (Å²) in [6.07, 6.45) is 3.90. The second-order valence-corrected chi connectivity index (χ2v) is 7.31. The molecule has 0 N–H and O–H groups in total. The molecule has 3 unspecified atom stereocenters. The molecule has 0 spiro atoms. The van der Waals surface area contributed by atoms with Gasteiger partial charge < -0.3 is 4.90 Å². The second-order valence-electron chi connectivity index (χ2n) is 7.31. The van der Waals surface area contributed by atoms with Crippen molar-refractivity contribution >= 4 is 5.91 Å². The van der Waals surface area contributed by atoms with E-state index in [1.807, 2.05) is 42.3 Å². The molecule has 2 nitrogen and oxygen atoms in total. The van der Waals surface area contributed by atoms with Crippen LogP contribution in [0.25, 0.3) is 0 Å². The predicted molar refractivity (Wildman–Crippen MR) is 81.6 cm³/mol. The van der Waals surface area contributed by atoms with Gasteiger partial charge in [0.1, 0.15) is 0 Å². The van der Waals surface area contributed by atoms with Gasteiger partial charge in [-0.2, -0.15) is 0 Å². The van der Waals surface area contributed by atoms with E-state index >= 15 is 0 Å². The molecule has 2 aliphatic carbocycles. The van der Waals surface area contributed by atoms with Crippen LogP contribution in [0, 0.1) is 17.3 Å². The zero-order chi connectivity index (χ0) is 14.5. The number of hydrogen-bond acceptors (Lipinski definition) is 1. The van der Waals surface area contributed by atoms with Crippen molar-refractivity contribution in [2.24, 2.45) is 17.3 Å². The molecule has 0 heterocycles. The first kappa shape index (κ1) is 13.7. The fourth-order valence-corrected chi connectivity index (χ4v) is 4.78. The standard InChI is InChI=1S/C18H25NO/c1-17(2)14-10-11-15(12-14)18(17,3)19(4)16(20)13-8-6-5-7-9-13/h5-9,14-15H,10-12H2,1-4H3. The summed E-state index contributed by atoms with van der Waals surface area (Å²) in [6.45, 7) is 7.01. The third kappa shape index (κ3) is 1.60. The zero-order valence-corrected chi connectivity index (χ0v) is 13.0. The Labute approximate surface area is 122 Å². The lowest BCUT2D eigenvalue weighted by Gasteiger charge is -2.53. The lowest BCUT2D eigenvalue weighted by molar-refractivity contribution is -0.0193. The van der Waals surface area contributed by atoms with Gasteiger partial charge in [-0.1, -0.05) is 32.0 Å². The summed E-state index contributed by atoms with van der Waals surface area (Å²) in [7, 11) is 2.00. The number of carbonyl (C=O) groups excluding carboxylic acids is 1. The van der Waals surface area contributed by atoms with Gasteiger partial charge in [0.2, 0.25) is 0 Å². The van der Waals surface area contributed by atoms with E-state index in [1.54, 1.807) is 0 Å². The van der Waals surface area contributed by atoms with E-state index in [0.717, 1.165) is 11.5 Å². The highest BCUT2D eigenvalue weighted by atomic mass is 16.2. The van der Waals surface area contributed by atoms with Crippen molar-refractivity contribution in [2.75, 3.05) is 7.05 Å². The highest BCUT2D eigenvalue weighted by Gasteiger charge is 2.62. The third-order valence-electron chi connectivity index (χ3n) is 6.57. The number of amides is 1. The van der Waals surface area contributed by atoms with Crippen LogP contribution in [0.3, 0.4) is 0 Å². The van der Waals surface area contributed by atoms with Gasteiger partial charge in [-0.15, -0.1) is 0 Å². The summed E-state index contributed by atoms with van der Waals surface area (Å²) >= 11 is 0. The van der Waals surface area contributed by atoms with Crippen LogP contribution >= 0.6 is 0 Å². The summed E-state index contributed by atoms with van der Waals surface area (Å²) in [5.41, 5.74) is 0.979. The van der Waals surface area contributed by atoms with Crippen molar-refractivity contribution in [3.63, 3.8) is 0 Å². The molecule has 1 amide bonds. The Morgan fingerprint density at radius 3 is 2.25 bits per heavy atom. The molecule has 108 valence electrons. The summed E-state index contributed by atoms with van der Waals surface area (Å²) in [5.74, 6) is 1.58. The van der Waals surface area contributed by atoms with Gasteiger partial charge in [0.15, 0.2) is 0 Å². The van der Waals surface area contributed by atoms with Crippen LogP contribution in [0.1, 0.15) is 50.4 Å². The van der Waals surface area contributed by atoms with Gasteiger partial charge in [0.05, 0.1) is 0 Å². The van der Waals surface area contributed by atoms with Crippen molar-refractivity contribution in [1.29, 1.82) is 0 Å². The summed E-state index contributed by atoms with van der Waals surface area (Å²) < 4.78 is 0. The maximum atomic E-state index is 12.8. The molecular weight excluding hydrogens is 246 g/mol. The average molecular weight is 271 g/mol. The molecule has 2 bridgehead atoms. The van der Waals surface area contributed by atoms with Crippen LogP contribution in [0.5, 0.6) is 0 Å². The molecular formula is C18H25NO. The molecule has 3 rings (SSSR count). The van der Waals surface area contributed by atoms with Crippen molar-refractivity contribution in [2.45, 2.75) is 45.6 Å². The van der Waals surface area contributed by atoms with Gasteiger partial charge >= 0.3 is 0 Å². The lowest BCUT2D eigenvalue weighted by Crippen LogP contribution is -2.59. The predicted octanol–water partition coefficient (Wildman–Crippen LogP) is 3.97. The second kappa shape index (κ2) is 4.34. The lowest BCUT2D eigenvalue weighted by atomic mass is 9.63. The molecule has 0 radical (unpaired) electrons. The smallest absolute Gasteiger partial charge is 0.254 e. The number of fused-ring (bicyclic) bond motifs is 2. The number of nitrogens with zero attached hydrogens (tertiary/aromatic N) is 1. The molecule has 2 aliphatic rings. The topological polar surface area (TPSA) is 20.3 Å². The molecule has 2 fully saturated rings. The fourth-order valence-electron chi connectivity index (χ4n) is 4.78. The molecule has 1 aromatic carbocycles. The Morgan fingerprint density at radius 1 is 1.10 bits per heavy atom. The summed E-state index contributed by atoms with van der Waals surface area (Å²) in [4.78, 5) is 14.9. The molecule has 2 saturated carbocycles. The Kier molecular flexibility index (Phi) is 2.97. The minimum absolute atomic E-state index is 0.0250. The molecule has 2 heteroatoms. The summed E-state index contributed by atoms with van der Waals surface area (Å²) in [5, 5.41) is 0. The first-order chi connectivity index (χ1) is 9.39. The normalized spacial score (nSPS) is 34.2. The van der Waals surface area contributed by atoms with E-state index in [-0.39, 0.29) is 16.9 Å². The number of rotatable bonds is 2. The van der Waals surface area contributed by atoms with E-state index < -0.39 is 0 Å². The van der Waals surface area contributed by atoms with Gasteiger partial charge in [0.25, 0.3) is 5.91 Å². The highest BCUT2D eigenvalue weighted by molar-refractivity contribution is 5.94. The molecule has 20 heavy (non-hydrogen) atoms. The Morgan fingerprint density at radius 2 is 1.70 bits per heavy atom. The first-order valence-electron chi connectivity index (χ1n) is 7.72. The number of hydrogen-bond donors (Lipinski definition) is 0. The Bertz CT molecular complexity index is 521. The third-order valence-corrected chi connectivity index (χ3v) is 6.57. The van der Waals surface area contributed by atoms with Gasteiger partial charge in [-0.25, -0.2) is 0 Å². The van der Waals surface area contributed by atoms with Crippen molar-refractivity contribution < 1.29 is 4.79 Å². The number of carbonyl (C=O) groups is 1. The molecule has 0 aliphatic heterocycles. The fraction of sp³-hybridized carbons (Fsp3) is 0.611.